The lowest BCUT2D eigenvalue weighted by Gasteiger charge is -2.38. The molecule has 4 nitrogen and oxygen atoms in total. The van der Waals surface area contributed by atoms with Gasteiger partial charge in [-0.15, -0.1) is 0 Å². The van der Waals surface area contributed by atoms with Gasteiger partial charge in [0.05, 0.1) is 17.8 Å². The second-order valence-corrected chi connectivity index (χ2v) is 6.19. The number of rotatable bonds is 5. The van der Waals surface area contributed by atoms with Gasteiger partial charge in [0.25, 0.3) is 0 Å². The van der Waals surface area contributed by atoms with Crippen LogP contribution in [0.2, 0.25) is 0 Å². The van der Waals surface area contributed by atoms with Crippen molar-refractivity contribution in [2.24, 2.45) is 0 Å². The van der Waals surface area contributed by atoms with Crippen LogP contribution in [-0.4, -0.2) is 65.9 Å². The van der Waals surface area contributed by atoms with E-state index >= 15 is 0 Å². The molecule has 1 aromatic rings. The third-order valence-corrected chi connectivity index (χ3v) is 4.22. The number of aliphatic hydroxyl groups excluding tert-OH is 1. The molecule has 130 valence electrons. The van der Waals surface area contributed by atoms with E-state index < -0.39 is 17.3 Å². The van der Waals surface area contributed by atoms with E-state index in [-0.39, 0.29) is 18.7 Å². The Balaban J connectivity index is 2.02. The largest absolute Gasteiger partial charge is 0.416 e. The van der Waals surface area contributed by atoms with Crippen LogP contribution in [0.15, 0.2) is 24.3 Å². The van der Waals surface area contributed by atoms with Crippen LogP contribution in [0.1, 0.15) is 18.1 Å². The highest BCUT2D eigenvalue weighted by atomic mass is 19.4. The summed E-state index contributed by atoms with van der Waals surface area (Å²) in [6, 6.07) is 4.87. The molecule has 1 atom stereocenters. The summed E-state index contributed by atoms with van der Waals surface area (Å²) < 4.78 is 38.4. The van der Waals surface area contributed by atoms with Crippen LogP contribution >= 0.6 is 0 Å². The van der Waals surface area contributed by atoms with Crippen LogP contribution < -0.4 is 0 Å². The van der Waals surface area contributed by atoms with E-state index in [0.29, 0.717) is 6.54 Å². The maximum Gasteiger partial charge on any atom is 0.416 e. The molecule has 0 aliphatic carbocycles. The maximum atomic E-state index is 12.8. The van der Waals surface area contributed by atoms with Crippen molar-refractivity contribution >= 4 is 0 Å². The van der Waals surface area contributed by atoms with E-state index in [9.17, 15) is 18.3 Å². The second-order valence-electron chi connectivity index (χ2n) is 6.19. The number of β-amino-alcohol motifs (C(OH)–C–C–N with tert-alkyl or cyclic N) is 2. The predicted octanol–water partition coefficient (Wildman–Crippen LogP) is 1.52. The first-order valence-electron chi connectivity index (χ1n) is 7.68. The van der Waals surface area contributed by atoms with Crippen LogP contribution in [-0.2, 0) is 11.8 Å². The molecule has 2 N–H and O–H groups in total. The van der Waals surface area contributed by atoms with Crippen LogP contribution in [0.3, 0.4) is 0 Å². The van der Waals surface area contributed by atoms with Gasteiger partial charge in [-0.3, -0.25) is 9.80 Å². The zero-order valence-electron chi connectivity index (χ0n) is 13.2. The third-order valence-electron chi connectivity index (χ3n) is 4.22. The summed E-state index contributed by atoms with van der Waals surface area (Å²) in [6.07, 6.45) is -4.41. The van der Waals surface area contributed by atoms with E-state index in [1.165, 1.54) is 12.1 Å². The molecule has 0 aromatic heterocycles. The van der Waals surface area contributed by atoms with E-state index in [2.05, 4.69) is 4.90 Å². The van der Waals surface area contributed by atoms with Crippen molar-refractivity contribution in [3.05, 3.63) is 35.4 Å². The fourth-order valence-electron chi connectivity index (χ4n) is 2.87. The van der Waals surface area contributed by atoms with Gasteiger partial charge in [0.15, 0.2) is 0 Å². The Morgan fingerprint density at radius 3 is 2.17 bits per heavy atom. The van der Waals surface area contributed by atoms with Crippen LogP contribution in [0.4, 0.5) is 13.2 Å². The highest BCUT2D eigenvalue weighted by molar-refractivity contribution is 5.29. The Labute approximate surface area is 134 Å². The highest BCUT2D eigenvalue weighted by Gasteiger charge is 2.33. The second kappa shape index (κ2) is 7.17. The summed E-state index contributed by atoms with van der Waals surface area (Å²) >= 11 is 0. The fourth-order valence-corrected chi connectivity index (χ4v) is 2.87. The van der Waals surface area contributed by atoms with Crippen molar-refractivity contribution in [3.8, 4) is 0 Å². The van der Waals surface area contributed by atoms with E-state index in [4.69, 9.17) is 5.11 Å². The molecular formula is C16H23F3N2O2. The minimum absolute atomic E-state index is 0.113. The van der Waals surface area contributed by atoms with E-state index in [1.807, 2.05) is 4.90 Å². The summed E-state index contributed by atoms with van der Waals surface area (Å²) in [5, 5.41) is 19.6. The van der Waals surface area contributed by atoms with Gasteiger partial charge in [-0.1, -0.05) is 12.1 Å². The van der Waals surface area contributed by atoms with Gasteiger partial charge in [0.2, 0.25) is 0 Å². The monoisotopic (exact) mass is 332 g/mol. The molecule has 1 aliphatic rings. The molecule has 2 rings (SSSR count). The summed E-state index contributed by atoms with van der Waals surface area (Å²) in [4.78, 5) is 4.16. The number of alkyl halides is 3. The van der Waals surface area contributed by atoms with Gasteiger partial charge >= 0.3 is 6.18 Å². The lowest BCUT2D eigenvalue weighted by atomic mass is 9.93. The van der Waals surface area contributed by atoms with Crippen molar-refractivity contribution in [2.45, 2.75) is 18.7 Å². The topological polar surface area (TPSA) is 46.9 Å². The van der Waals surface area contributed by atoms with Crippen molar-refractivity contribution in [3.63, 3.8) is 0 Å². The molecule has 7 heteroatoms. The lowest BCUT2D eigenvalue weighted by molar-refractivity contribution is -0.137. The Morgan fingerprint density at radius 1 is 1.04 bits per heavy atom. The SMILES string of the molecule is C[C@@](O)(CN1CCN(CCO)CC1)c1cccc(C(F)(F)F)c1. The van der Waals surface area contributed by atoms with Crippen molar-refractivity contribution < 1.29 is 23.4 Å². The van der Waals surface area contributed by atoms with E-state index in [0.717, 1.165) is 38.3 Å². The molecule has 1 heterocycles. The smallest absolute Gasteiger partial charge is 0.395 e. The van der Waals surface area contributed by atoms with Gasteiger partial charge in [-0.05, 0) is 24.6 Å². The first-order valence-corrected chi connectivity index (χ1v) is 7.68. The molecule has 1 aliphatic heterocycles. The quantitative estimate of drug-likeness (QED) is 0.858. The Hall–Kier alpha value is -1.15. The Morgan fingerprint density at radius 2 is 1.61 bits per heavy atom. The van der Waals surface area contributed by atoms with E-state index in [1.54, 1.807) is 6.92 Å². The molecule has 0 unspecified atom stereocenters. The standard InChI is InChI=1S/C16H23F3N2O2/c1-15(23,12-21-7-5-20(6-8-21)9-10-22)13-3-2-4-14(11-13)16(17,18)19/h2-4,11,22-23H,5-10,12H2,1H3/t15-/m1/s1. The van der Waals surface area contributed by atoms with Gasteiger partial charge in [0.1, 0.15) is 0 Å². The zero-order valence-corrected chi connectivity index (χ0v) is 13.2. The predicted molar refractivity (Wildman–Crippen MR) is 81.0 cm³/mol. The van der Waals surface area contributed by atoms with Crippen molar-refractivity contribution in [1.82, 2.24) is 9.80 Å². The number of halogens is 3. The van der Waals surface area contributed by atoms with Gasteiger partial charge in [0, 0.05) is 39.3 Å². The molecule has 1 fully saturated rings. The molecular weight excluding hydrogens is 309 g/mol. The molecule has 0 radical (unpaired) electrons. The number of nitrogens with zero attached hydrogens (tertiary/aromatic N) is 2. The number of aliphatic hydroxyl groups is 2. The molecule has 0 saturated carbocycles. The molecule has 1 saturated heterocycles. The highest BCUT2D eigenvalue weighted by Crippen LogP contribution is 2.32. The molecule has 0 spiro atoms. The lowest BCUT2D eigenvalue weighted by Crippen LogP contribution is -2.50. The zero-order chi connectivity index (χ0) is 17.1. The summed E-state index contributed by atoms with van der Waals surface area (Å²) in [5.41, 5.74) is -1.83. The Bertz CT molecular complexity index is 512. The van der Waals surface area contributed by atoms with Gasteiger partial charge in [-0.25, -0.2) is 0 Å². The molecule has 0 bridgehead atoms. The van der Waals surface area contributed by atoms with Crippen LogP contribution in [0.25, 0.3) is 0 Å². The maximum absolute atomic E-state index is 12.8. The third kappa shape index (κ3) is 4.91. The Kier molecular flexibility index (Phi) is 5.67. The number of hydrogen-bond donors (Lipinski definition) is 2. The first-order chi connectivity index (χ1) is 10.7. The average Bonchev–Trinajstić information content (AvgIpc) is 2.49. The van der Waals surface area contributed by atoms with Crippen molar-refractivity contribution in [2.75, 3.05) is 45.9 Å². The van der Waals surface area contributed by atoms with Crippen LogP contribution in [0, 0.1) is 0 Å². The number of hydrogen-bond acceptors (Lipinski definition) is 4. The molecule has 1 aromatic carbocycles. The van der Waals surface area contributed by atoms with Gasteiger partial charge in [-0.2, -0.15) is 13.2 Å². The normalized spacial score (nSPS) is 20.4. The average molecular weight is 332 g/mol. The minimum Gasteiger partial charge on any atom is -0.395 e. The molecule has 23 heavy (non-hydrogen) atoms. The number of benzene rings is 1. The van der Waals surface area contributed by atoms with Crippen LogP contribution in [0.5, 0.6) is 0 Å². The number of piperazine rings is 1. The fraction of sp³-hybridized carbons (Fsp3) is 0.625. The summed E-state index contributed by atoms with van der Waals surface area (Å²) in [7, 11) is 0. The first kappa shape index (κ1) is 18.2. The molecule has 0 amide bonds. The summed E-state index contributed by atoms with van der Waals surface area (Å²) in [5.74, 6) is 0. The van der Waals surface area contributed by atoms with Crippen molar-refractivity contribution in [1.29, 1.82) is 0 Å². The van der Waals surface area contributed by atoms with Gasteiger partial charge < -0.3 is 10.2 Å². The minimum atomic E-state index is -4.41. The summed E-state index contributed by atoms with van der Waals surface area (Å²) in [6.45, 7) is 5.55.